The van der Waals surface area contributed by atoms with E-state index in [0.717, 1.165) is 5.57 Å². The number of nitrogens with zero attached hydrogens (tertiary/aromatic N) is 1. The van der Waals surface area contributed by atoms with Crippen LogP contribution < -0.4 is 9.64 Å². The number of fused-ring (bicyclic) bond motifs is 3. The van der Waals surface area contributed by atoms with E-state index < -0.39 is 29.6 Å². The Hall–Kier alpha value is -5.08. The summed E-state index contributed by atoms with van der Waals surface area (Å²) >= 11 is 6.39. The van der Waals surface area contributed by atoms with E-state index >= 15 is 0 Å². The number of aromatic hydroxyl groups is 1. The molecule has 0 aromatic heterocycles. The number of allylic oxidation sites excluding steroid dienone is 6. The largest absolute Gasteiger partial charge is 0.503 e. The van der Waals surface area contributed by atoms with Gasteiger partial charge in [-0.3, -0.25) is 28.9 Å². The van der Waals surface area contributed by atoms with Crippen LogP contribution in [0, 0.1) is 17.8 Å². The standard InChI is InChI=1S/C37H28ClNO7/c1-18-14-28(40)26-17-25-23(30(32(26)33(18)41)21-15-27(38)35(43)29(16-21)46-2)12-13-24-31(25)37(45)39(36(24)44)22-10-8-20(9-11-22)34(42)19-6-4-3-5-7-19/h3-12,14-16,24-25,30-31,43H,13,17H2,1-2H3/t24-,25+,30-,31-/m0/s1. The lowest BCUT2D eigenvalue weighted by Crippen LogP contribution is -2.39. The second-order valence-corrected chi connectivity index (χ2v) is 12.4. The predicted octanol–water partition coefficient (Wildman–Crippen LogP) is 5.92. The summed E-state index contributed by atoms with van der Waals surface area (Å²) in [6.45, 7) is 1.60. The number of carbonyl (C=O) groups excluding carboxylic acids is 5. The number of Topliss-reactive ketones (excluding diaryl/α,β-unsaturated/α-hetero) is 1. The number of rotatable bonds is 5. The molecule has 0 spiro atoms. The van der Waals surface area contributed by atoms with Crippen LogP contribution in [0.2, 0.25) is 5.02 Å². The van der Waals surface area contributed by atoms with Gasteiger partial charge in [0.1, 0.15) is 0 Å². The number of ketones is 3. The molecule has 230 valence electrons. The van der Waals surface area contributed by atoms with Crippen LogP contribution in [-0.2, 0) is 19.2 Å². The Morgan fingerprint density at radius 2 is 1.63 bits per heavy atom. The van der Waals surface area contributed by atoms with Gasteiger partial charge < -0.3 is 9.84 Å². The fourth-order valence-electron chi connectivity index (χ4n) is 7.43. The smallest absolute Gasteiger partial charge is 0.238 e. The van der Waals surface area contributed by atoms with Crippen molar-refractivity contribution in [2.75, 3.05) is 12.0 Å². The molecule has 0 unspecified atom stereocenters. The number of hydrogen-bond donors (Lipinski definition) is 1. The molecule has 0 saturated carbocycles. The Bertz CT molecular complexity index is 1970. The van der Waals surface area contributed by atoms with Gasteiger partial charge in [-0.25, -0.2) is 0 Å². The van der Waals surface area contributed by atoms with E-state index in [2.05, 4.69) is 0 Å². The topological polar surface area (TPSA) is 118 Å². The number of phenols is 1. The monoisotopic (exact) mass is 633 g/mol. The Morgan fingerprint density at radius 1 is 0.935 bits per heavy atom. The third-order valence-electron chi connectivity index (χ3n) is 9.59. The number of anilines is 1. The van der Waals surface area contributed by atoms with Crippen molar-refractivity contribution in [2.24, 2.45) is 17.8 Å². The van der Waals surface area contributed by atoms with Crippen LogP contribution in [0.15, 0.2) is 101 Å². The molecule has 2 amide bonds. The summed E-state index contributed by atoms with van der Waals surface area (Å²) in [5, 5.41) is 10.4. The first-order valence-electron chi connectivity index (χ1n) is 14.9. The maximum Gasteiger partial charge on any atom is 0.238 e. The molecule has 4 atom stereocenters. The van der Waals surface area contributed by atoms with E-state index in [4.69, 9.17) is 16.3 Å². The molecule has 8 nitrogen and oxygen atoms in total. The molecule has 1 aliphatic heterocycles. The van der Waals surface area contributed by atoms with Gasteiger partial charge in [-0.1, -0.05) is 53.6 Å². The van der Waals surface area contributed by atoms with E-state index in [9.17, 15) is 29.1 Å². The quantitative estimate of drug-likeness (QED) is 0.160. The number of ether oxygens (including phenoxy) is 1. The lowest BCUT2D eigenvalue weighted by Gasteiger charge is -2.42. The third-order valence-corrected chi connectivity index (χ3v) is 9.88. The molecule has 0 radical (unpaired) electrons. The van der Waals surface area contributed by atoms with Crippen LogP contribution in [0.4, 0.5) is 5.69 Å². The zero-order chi connectivity index (χ0) is 32.4. The molecule has 1 heterocycles. The average Bonchev–Trinajstić information content (AvgIpc) is 3.33. The van der Waals surface area contributed by atoms with Crippen LogP contribution in [0.1, 0.15) is 47.2 Å². The highest BCUT2D eigenvalue weighted by Crippen LogP contribution is 2.56. The highest BCUT2D eigenvalue weighted by Gasteiger charge is 2.56. The molecule has 1 N–H and O–H groups in total. The Kier molecular flexibility index (Phi) is 7.13. The minimum atomic E-state index is -0.765. The number of benzene rings is 3. The fourth-order valence-corrected chi connectivity index (χ4v) is 7.65. The van der Waals surface area contributed by atoms with Crippen LogP contribution in [0.25, 0.3) is 0 Å². The number of imide groups is 1. The van der Waals surface area contributed by atoms with E-state index in [0.29, 0.717) is 39.1 Å². The second kappa shape index (κ2) is 11.1. The average molecular weight is 634 g/mol. The number of carbonyl (C=O) groups is 5. The summed E-state index contributed by atoms with van der Waals surface area (Å²) in [4.78, 5) is 69.2. The van der Waals surface area contributed by atoms with Crippen molar-refractivity contribution in [2.45, 2.75) is 25.7 Å². The first-order chi connectivity index (χ1) is 22.1. The van der Waals surface area contributed by atoms with Crippen LogP contribution in [-0.4, -0.2) is 41.4 Å². The van der Waals surface area contributed by atoms with Gasteiger partial charge in [-0.05, 0) is 73.7 Å². The summed E-state index contributed by atoms with van der Waals surface area (Å²) in [5.41, 5.74) is 3.55. The minimum absolute atomic E-state index is 0.0160. The maximum absolute atomic E-state index is 14.2. The van der Waals surface area contributed by atoms with E-state index in [1.807, 2.05) is 12.1 Å². The molecule has 46 heavy (non-hydrogen) atoms. The Morgan fingerprint density at radius 3 is 2.33 bits per heavy atom. The molecule has 4 aliphatic rings. The third kappa shape index (κ3) is 4.47. The van der Waals surface area contributed by atoms with Crippen molar-refractivity contribution in [3.05, 3.63) is 123 Å². The van der Waals surface area contributed by atoms with Gasteiger partial charge in [0.25, 0.3) is 0 Å². The van der Waals surface area contributed by atoms with Crippen LogP contribution in [0.3, 0.4) is 0 Å². The van der Waals surface area contributed by atoms with Gasteiger partial charge in [0.15, 0.2) is 28.8 Å². The van der Waals surface area contributed by atoms with Crippen molar-refractivity contribution in [1.29, 1.82) is 0 Å². The maximum atomic E-state index is 14.2. The normalized spacial score (nSPS) is 23.8. The van der Waals surface area contributed by atoms with Gasteiger partial charge in [-0.2, -0.15) is 0 Å². The Labute approximate surface area is 269 Å². The van der Waals surface area contributed by atoms with E-state index in [1.54, 1.807) is 67.6 Å². The molecule has 3 aliphatic carbocycles. The predicted molar refractivity (Wildman–Crippen MR) is 170 cm³/mol. The number of halogens is 1. The van der Waals surface area contributed by atoms with Crippen molar-refractivity contribution < 1.29 is 33.8 Å². The first-order valence-corrected chi connectivity index (χ1v) is 15.3. The highest BCUT2D eigenvalue weighted by molar-refractivity contribution is 6.32. The van der Waals surface area contributed by atoms with Crippen molar-refractivity contribution in [1.82, 2.24) is 0 Å². The van der Waals surface area contributed by atoms with Crippen LogP contribution in [0.5, 0.6) is 11.5 Å². The lowest BCUT2D eigenvalue weighted by molar-refractivity contribution is -0.123. The van der Waals surface area contributed by atoms with Gasteiger partial charge in [0.05, 0.1) is 29.7 Å². The fraction of sp³-hybridized carbons (Fsp3) is 0.216. The molecule has 9 heteroatoms. The van der Waals surface area contributed by atoms with Crippen LogP contribution >= 0.6 is 11.6 Å². The molecule has 3 aromatic carbocycles. The summed E-state index contributed by atoms with van der Waals surface area (Å²) in [6, 6.07) is 18.4. The van der Waals surface area contributed by atoms with E-state index in [-0.39, 0.29) is 52.6 Å². The number of methoxy groups -OCH3 is 1. The lowest BCUT2D eigenvalue weighted by atomic mass is 9.59. The molecule has 3 aromatic rings. The first kappa shape index (κ1) is 29.6. The number of amides is 2. The highest BCUT2D eigenvalue weighted by atomic mass is 35.5. The van der Waals surface area contributed by atoms with Crippen molar-refractivity contribution >= 4 is 46.5 Å². The van der Waals surface area contributed by atoms with Gasteiger partial charge in [0, 0.05) is 33.8 Å². The van der Waals surface area contributed by atoms with Gasteiger partial charge >= 0.3 is 0 Å². The summed E-state index contributed by atoms with van der Waals surface area (Å²) < 4.78 is 5.35. The molecule has 0 bridgehead atoms. The summed E-state index contributed by atoms with van der Waals surface area (Å²) in [6.07, 6.45) is 3.63. The molecular weight excluding hydrogens is 606 g/mol. The van der Waals surface area contributed by atoms with Gasteiger partial charge in [-0.15, -0.1) is 0 Å². The van der Waals surface area contributed by atoms with Gasteiger partial charge in [0.2, 0.25) is 11.8 Å². The molecule has 1 fully saturated rings. The Balaban J connectivity index is 1.27. The second-order valence-electron chi connectivity index (χ2n) is 12.0. The van der Waals surface area contributed by atoms with Crippen molar-refractivity contribution in [3.63, 3.8) is 0 Å². The zero-order valence-electron chi connectivity index (χ0n) is 25.0. The minimum Gasteiger partial charge on any atom is -0.503 e. The summed E-state index contributed by atoms with van der Waals surface area (Å²) in [7, 11) is 1.39. The SMILES string of the molecule is COc1cc([C@H]2C3=CC[C@@H]4C(=O)N(c5ccc(C(=O)c6ccccc6)cc5)C(=O)[C@@H]4[C@@H]3CC3=C2C(=O)C(C)=CC3=O)cc(Cl)c1O. The summed E-state index contributed by atoms with van der Waals surface area (Å²) in [5.74, 6) is -4.32. The van der Waals surface area contributed by atoms with E-state index in [1.165, 1.54) is 18.1 Å². The number of hydrogen-bond acceptors (Lipinski definition) is 7. The zero-order valence-corrected chi connectivity index (χ0v) is 25.7. The molecule has 7 rings (SSSR count). The molecule has 1 saturated heterocycles. The molecular formula is C37H28ClNO7. The van der Waals surface area contributed by atoms with Crippen molar-refractivity contribution in [3.8, 4) is 11.5 Å². The number of phenolic OH excluding ortho intramolecular Hbond substituents is 1.